The standard InChI is InChI=1S/C15H21N3O2/c1-4-9-16-13(19)10-18-12-8-6-5-7-11(12)17-15(2,3)14(18)20/h5-8,17H,4,9-10H2,1-3H3,(H,16,19). The van der Waals surface area contributed by atoms with Gasteiger partial charge in [-0.1, -0.05) is 19.1 Å². The van der Waals surface area contributed by atoms with E-state index in [1.165, 1.54) is 0 Å². The van der Waals surface area contributed by atoms with Crippen LogP contribution in [0.4, 0.5) is 11.4 Å². The highest BCUT2D eigenvalue weighted by atomic mass is 16.2. The van der Waals surface area contributed by atoms with Crippen LogP contribution in [-0.4, -0.2) is 30.4 Å². The number of para-hydroxylation sites is 2. The molecule has 2 amide bonds. The summed E-state index contributed by atoms with van der Waals surface area (Å²) in [4.78, 5) is 26.0. The minimum atomic E-state index is -0.709. The number of carbonyl (C=O) groups is 2. The highest BCUT2D eigenvalue weighted by molar-refractivity contribution is 6.09. The first-order valence-electron chi connectivity index (χ1n) is 6.91. The average molecular weight is 275 g/mol. The third-order valence-electron chi connectivity index (χ3n) is 3.30. The third-order valence-corrected chi connectivity index (χ3v) is 3.30. The quantitative estimate of drug-likeness (QED) is 0.880. The lowest BCUT2D eigenvalue weighted by Gasteiger charge is -2.39. The van der Waals surface area contributed by atoms with Crippen molar-refractivity contribution in [3.05, 3.63) is 24.3 Å². The maximum atomic E-state index is 12.5. The molecule has 0 spiro atoms. The number of benzene rings is 1. The molecule has 1 aliphatic rings. The van der Waals surface area contributed by atoms with E-state index >= 15 is 0 Å². The zero-order chi connectivity index (χ0) is 14.8. The molecule has 20 heavy (non-hydrogen) atoms. The number of rotatable bonds is 4. The van der Waals surface area contributed by atoms with Crippen LogP contribution in [0.25, 0.3) is 0 Å². The van der Waals surface area contributed by atoms with Crippen molar-refractivity contribution in [3.8, 4) is 0 Å². The van der Waals surface area contributed by atoms with Gasteiger partial charge in [0, 0.05) is 6.54 Å². The fraction of sp³-hybridized carbons (Fsp3) is 0.467. The molecule has 1 heterocycles. The Labute approximate surface area is 119 Å². The van der Waals surface area contributed by atoms with Crippen LogP contribution in [0.15, 0.2) is 24.3 Å². The molecule has 0 saturated heterocycles. The van der Waals surface area contributed by atoms with Crippen molar-refractivity contribution in [3.63, 3.8) is 0 Å². The second-order valence-corrected chi connectivity index (χ2v) is 5.51. The van der Waals surface area contributed by atoms with Crippen molar-refractivity contribution in [2.45, 2.75) is 32.7 Å². The molecule has 108 valence electrons. The Bertz CT molecular complexity index is 526. The van der Waals surface area contributed by atoms with Gasteiger partial charge in [-0.3, -0.25) is 14.5 Å². The van der Waals surface area contributed by atoms with Crippen LogP contribution in [0, 0.1) is 0 Å². The van der Waals surface area contributed by atoms with Crippen LogP contribution in [0.2, 0.25) is 0 Å². The van der Waals surface area contributed by atoms with Gasteiger partial charge >= 0.3 is 0 Å². The van der Waals surface area contributed by atoms with Crippen molar-refractivity contribution in [2.75, 3.05) is 23.3 Å². The van der Waals surface area contributed by atoms with Gasteiger partial charge in [0.2, 0.25) is 5.91 Å². The Balaban J connectivity index is 2.26. The molecule has 5 heteroatoms. The largest absolute Gasteiger partial charge is 0.370 e. The monoisotopic (exact) mass is 275 g/mol. The van der Waals surface area contributed by atoms with Crippen LogP contribution in [0.3, 0.4) is 0 Å². The number of carbonyl (C=O) groups excluding carboxylic acids is 2. The Morgan fingerprint density at radius 2 is 2.05 bits per heavy atom. The van der Waals surface area contributed by atoms with Gasteiger partial charge in [0.25, 0.3) is 5.91 Å². The molecule has 1 aliphatic heterocycles. The highest BCUT2D eigenvalue weighted by Crippen LogP contribution is 2.34. The van der Waals surface area contributed by atoms with Crippen molar-refractivity contribution >= 4 is 23.2 Å². The molecule has 0 aliphatic carbocycles. The van der Waals surface area contributed by atoms with Crippen LogP contribution < -0.4 is 15.5 Å². The SMILES string of the molecule is CCCNC(=O)CN1C(=O)C(C)(C)Nc2ccccc21. The van der Waals surface area contributed by atoms with Crippen LogP contribution in [0.5, 0.6) is 0 Å². The van der Waals surface area contributed by atoms with E-state index in [9.17, 15) is 9.59 Å². The molecule has 0 fully saturated rings. The normalized spacial score (nSPS) is 16.4. The molecule has 5 nitrogen and oxygen atoms in total. The van der Waals surface area contributed by atoms with Crippen molar-refractivity contribution < 1.29 is 9.59 Å². The number of nitrogens with zero attached hydrogens (tertiary/aromatic N) is 1. The van der Waals surface area contributed by atoms with Crippen LogP contribution >= 0.6 is 0 Å². The van der Waals surface area contributed by atoms with E-state index in [4.69, 9.17) is 0 Å². The molecule has 0 atom stereocenters. The fourth-order valence-corrected chi connectivity index (χ4v) is 2.27. The van der Waals surface area contributed by atoms with E-state index < -0.39 is 5.54 Å². The van der Waals surface area contributed by atoms with Gasteiger partial charge in [0.15, 0.2) is 0 Å². The van der Waals surface area contributed by atoms with Gasteiger partial charge in [0.05, 0.1) is 11.4 Å². The molecule has 0 bridgehead atoms. The zero-order valence-electron chi connectivity index (χ0n) is 12.2. The highest BCUT2D eigenvalue weighted by Gasteiger charge is 2.38. The van der Waals surface area contributed by atoms with E-state index in [-0.39, 0.29) is 18.4 Å². The maximum absolute atomic E-state index is 12.5. The number of nitrogens with one attached hydrogen (secondary N) is 2. The summed E-state index contributed by atoms with van der Waals surface area (Å²) in [7, 11) is 0. The first kappa shape index (κ1) is 14.4. The molecule has 1 aromatic rings. The fourth-order valence-electron chi connectivity index (χ4n) is 2.27. The predicted octanol–water partition coefficient (Wildman–Crippen LogP) is 1.75. The van der Waals surface area contributed by atoms with Crippen molar-refractivity contribution in [1.82, 2.24) is 5.32 Å². The number of hydrogen-bond donors (Lipinski definition) is 2. The summed E-state index contributed by atoms with van der Waals surface area (Å²) in [6.07, 6.45) is 0.878. The van der Waals surface area contributed by atoms with E-state index in [0.29, 0.717) is 6.54 Å². The molecule has 0 unspecified atom stereocenters. The Morgan fingerprint density at radius 1 is 1.35 bits per heavy atom. The number of amides is 2. The molecule has 2 N–H and O–H groups in total. The second kappa shape index (κ2) is 5.53. The molecule has 0 aromatic heterocycles. The average Bonchev–Trinajstić information content (AvgIpc) is 2.41. The van der Waals surface area contributed by atoms with E-state index in [2.05, 4.69) is 10.6 Å². The minimum Gasteiger partial charge on any atom is -0.370 e. The minimum absolute atomic E-state index is 0.0565. The topological polar surface area (TPSA) is 61.4 Å². The maximum Gasteiger partial charge on any atom is 0.252 e. The Morgan fingerprint density at radius 3 is 2.75 bits per heavy atom. The molecule has 0 radical (unpaired) electrons. The lowest BCUT2D eigenvalue weighted by molar-refractivity contribution is -0.125. The smallest absolute Gasteiger partial charge is 0.252 e. The predicted molar refractivity (Wildman–Crippen MR) is 79.8 cm³/mol. The lowest BCUT2D eigenvalue weighted by Crippen LogP contribution is -2.56. The molecular formula is C15H21N3O2. The Hall–Kier alpha value is -2.04. The van der Waals surface area contributed by atoms with E-state index in [1.807, 2.05) is 45.0 Å². The van der Waals surface area contributed by atoms with Crippen LogP contribution in [-0.2, 0) is 9.59 Å². The van der Waals surface area contributed by atoms with E-state index in [0.717, 1.165) is 17.8 Å². The van der Waals surface area contributed by atoms with Gasteiger partial charge < -0.3 is 10.6 Å². The summed E-state index contributed by atoms with van der Waals surface area (Å²) in [5.74, 6) is -0.226. The first-order chi connectivity index (χ1) is 9.45. The molecule has 0 saturated carbocycles. The van der Waals surface area contributed by atoms with Gasteiger partial charge in [-0.05, 0) is 32.4 Å². The summed E-state index contributed by atoms with van der Waals surface area (Å²) < 4.78 is 0. The van der Waals surface area contributed by atoms with Gasteiger partial charge in [0.1, 0.15) is 12.1 Å². The summed E-state index contributed by atoms with van der Waals surface area (Å²) in [6, 6.07) is 7.54. The Kier molecular flexibility index (Phi) is 3.97. The number of anilines is 2. The van der Waals surface area contributed by atoms with Crippen molar-refractivity contribution in [2.24, 2.45) is 0 Å². The van der Waals surface area contributed by atoms with Gasteiger partial charge in [-0.25, -0.2) is 0 Å². The third kappa shape index (κ3) is 2.76. The van der Waals surface area contributed by atoms with Crippen molar-refractivity contribution in [1.29, 1.82) is 0 Å². The lowest BCUT2D eigenvalue weighted by atomic mass is 9.98. The van der Waals surface area contributed by atoms with E-state index in [1.54, 1.807) is 4.90 Å². The molecular weight excluding hydrogens is 254 g/mol. The second-order valence-electron chi connectivity index (χ2n) is 5.51. The number of hydrogen-bond acceptors (Lipinski definition) is 3. The zero-order valence-corrected chi connectivity index (χ0v) is 12.2. The molecule has 1 aromatic carbocycles. The van der Waals surface area contributed by atoms with Gasteiger partial charge in [-0.15, -0.1) is 0 Å². The summed E-state index contributed by atoms with van der Waals surface area (Å²) >= 11 is 0. The molecule has 2 rings (SSSR count). The number of fused-ring (bicyclic) bond motifs is 1. The summed E-state index contributed by atoms with van der Waals surface area (Å²) in [5, 5.41) is 6.01. The summed E-state index contributed by atoms with van der Waals surface area (Å²) in [6.45, 7) is 6.32. The van der Waals surface area contributed by atoms with Crippen LogP contribution in [0.1, 0.15) is 27.2 Å². The first-order valence-corrected chi connectivity index (χ1v) is 6.91. The van der Waals surface area contributed by atoms with Gasteiger partial charge in [-0.2, -0.15) is 0 Å². The summed E-state index contributed by atoms with van der Waals surface area (Å²) in [5.41, 5.74) is 0.920.